The van der Waals surface area contributed by atoms with Gasteiger partial charge in [-0.3, -0.25) is 4.79 Å². The third-order valence-corrected chi connectivity index (χ3v) is 4.52. The largest absolute Gasteiger partial charge is 0.384 e. The van der Waals surface area contributed by atoms with E-state index in [4.69, 9.17) is 10.5 Å². The van der Waals surface area contributed by atoms with Crippen LogP contribution in [0.1, 0.15) is 37.7 Å². The Hall–Kier alpha value is -1.39. The summed E-state index contributed by atoms with van der Waals surface area (Å²) in [4.78, 5) is 12.7. The maximum Gasteiger partial charge on any atom is 0.231 e. The SMILES string of the molecule is COCCc1ccccc1NC(=O)C1(CN)CCCCC1. The first-order valence-electron chi connectivity index (χ1n) is 7.80. The number of nitrogens with two attached hydrogens (primary N) is 1. The van der Waals surface area contributed by atoms with Crippen LogP contribution in [0.5, 0.6) is 0 Å². The highest BCUT2D eigenvalue weighted by Crippen LogP contribution is 2.36. The van der Waals surface area contributed by atoms with Gasteiger partial charge in [0.15, 0.2) is 0 Å². The van der Waals surface area contributed by atoms with Crippen LogP contribution in [0, 0.1) is 5.41 Å². The van der Waals surface area contributed by atoms with Crippen molar-refractivity contribution in [3.63, 3.8) is 0 Å². The molecule has 4 nitrogen and oxygen atoms in total. The molecule has 1 fully saturated rings. The summed E-state index contributed by atoms with van der Waals surface area (Å²) in [5, 5.41) is 3.11. The lowest BCUT2D eigenvalue weighted by atomic mass is 9.73. The van der Waals surface area contributed by atoms with Crippen molar-refractivity contribution >= 4 is 11.6 Å². The van der Waals surface area contributed by atoms with Crippen LogP contribution in [0.4, 0.5) is 5.69 Å². The number of methoxy groups -OCH3 is 1. The number of ether oxygens (including phenoxy) is 1. The van der Waals surface area contributed by atoms with Crippen molar-refractivity contribution in [3.05, 3.63) is 29.8 Å². The third-order valence-electron chi connectivity index (χ3n) is 4.52. The lowest BCUT2D eigenvalue weighted by molar-refractivity contribution is -0.126. The van der Waals surface area contributed by atoms with Gasteiger partial charge in [0.25, 0.3) is 0 Å². The third kappa shape index (κ3) is 3.83. The highest BCUT2D eigenvalue weighted by Gasteiger charge is 2.38. The number of hydrogen-bond donors (Lipinski definition) is 2. The Morgan fingerprint density at radius 2 is 2.00 bits per heavy atom. The van der Waals surface area contributed by atoms with Gasteiger partial charge in [0.2, 0.25) is 5.91 Å². The molecule has 1 aromatic rings. The number of benzene rings is 1. The lowest BCUT2D eigenvalue weighted by Crippen LogP contribution is -2.44. The average molecular weight is 290 g/mol. The molecule has 1 aliphatic carbocycles. The summed E-state index contributed by atoms with van der Waals surface area (Å²) >= 11 is 0. The summed E-state index contributed by atoms with van der Waals surface area (Å²) < 4.78 is 5.13. The Kier molecular flexibility index (Phi) is 5.76. The second-order valence-electron chi connectivity index (χ2n) is 5.90. The molecule has 2 rings (SSSR count). The van der Waals surface area contributed by atoms with Gasteiger partial charge in [-0.25, -0.2) is 0 Å². The average Bonchev–Trinajstić information content (AvgIpc) is 2.54. The van der Waals surface area contributed by atoms with Crippen LogP contribution in [0.15, 0.2) is 24.3 Å². The van der Waals surface area contributed by atoms with E-state index >= 15 is 0 Å². The molecule has 1 saturated carbocycles. The van der Waals surface area contributed by atoms with Crippen molar-refractivity contribution in [1.82, 2.24) is 0 Å². The zero-order chi connectivity index (χ0) is 15.1. The summed E-state index contributed by atoms with van der Waals surface area (Å²) in [6.45, 7) is 1.08. The molecule has 21 heavy (non-hydrogen) atoms. The van der Waals surface area contributed by atoms with E-state index in [1.54, 1.807) is 7.11 Å². The van der Waals surface area contributed by atoms with E-state index in [-0.39, 0.29) is 11.3 Å². The smallest absolute Gasteiger partial charge is 0.231 e. The second kappa shape index (κ2) is 7.57. The maximum absolute atomic E-state index is 12.7. The van der Waals surface area contributed by atoms with Crippen LogP contribution < -0.4 is 11.1 Å². The lowest BCUT2D eigenvalue weighted by Gasteiger charge is -2.34. The quantitative estimate of drug-likeness (QED) is 0.846. The summed E-state index contributed by atoms with van der Waals surface area (Å²) in [5.41, 5.74) is 7.54. The molecule has 4 heteroatoms. The molecule has 0 spiro atoms. The van der Waals surface area contributed by atoms with Crippen LogP contribution in [-0.4, -0.2) is 26.2 Å². The number of anilines is 1. The molecule has 1 aliphatic rings. The number of carbonyl (C=O) groups is 1. The molecule has 0 heterocycles. The standard InChI is InChI=1S/C17H26N2O2/c1-21-12-9-14-7-3-4-8-15(14)19-16(20)17(13-18)10-5-2-6-11-17/h3-4,7-8H,2,5-6,9-13,18H2,1H3,(H,19,20). The van der Waals surface area contributed by atoms with Gasteiger partial charge >= 0.3 is 0 Å². The van der Waals surface area contributed by atoms with Gasteiger partial charge in [0, 0.05) is 19.3 Å². The van der Waals surface area contributed by atoms with Gasteiger partial charge in [-0.05, 0) is 30.9 Å². The molecule has 3 N–H and O–H groups in total. The van der Waals surface area contributed by atoms with E-state index in [1.165, 1.54) is 6.42 Å². The highest BCUT2D eigenvalue weighted by atomic mass is 16.5. The predicted octanol–water partition coefficient (Wildman–Crippen LogP) is 2.72. The number of rotatable bonds is 6. The van der Waals surface area contributed by atoms with Crippen molar-refractivity contribution in [2.75, 3.05) is 25.6 Å². The number of para-hydroxylation sites is 1. The minimum Gasteiger partial charge on any atom is -0.384 e. The fourth-order valence-electron chi connectivity index (χ4n) is 3.08. The van der Waals surface area contributed by atoms with Gasteiger partial charge in [-0.15, -0.1) is 0 Å². The van der Waals surface area contributed by atoms with Gasteiger partial charge in [-0.1, -0.05) is 37.5 Å². The first kappa shape index (κ1) is 16.0. The molecular formula is C17H26N2O2. The molecular weight excluding hydrogens is 264 g/mol. The summed E-state index contributed by atoms with van der Waals surface area (Å²) in [7, 11) is 1.69. The van der Waals surface area contributed by atoms with Crippen molar-refractivity contribution in [2.24, 2.45) is 11.1 Å². The molecule has 0 atom stereocenters. The number of hydrogen-bond acceptors (Lipinski definition) is 3. The highest BCUT2D eigenvalue weighted by molar-refractivity contribution is 5.96. The first-order chi connectivity index (χ1) is 10.2. The number of nitrogens with one attached hydrogen (secondary N) is 1. The Bertz CT molecular complexity index is 468. The van der Waals surface area contributed by atoms with Gasteiger partial charge in [0.05, 0.1) is 12.0 Å². The fraction of sp³-hybridized carbons (Fsp3) is 0.588. The molecule has 0 unspecified atom stereocenters. The molecule has 116 valence electrons. The topological polar surface area (TPSA) is 64.3 Å². The van der Waals surface area contributed by atoms with Gasteiger partial charge < -0.3 is 15.8 Å². The summed E-state index contributed by atoms with van der Waals surface area (Å²) in [5.74, 6) is 0.0783. The number of carbonyl (C=O) groups excluding carboxylic acids is 1. The van der Waals surface area contributed by atoms with Crippen LogP contribution in [-0.2, 0) is 16.0 Å². The van der Waals surface area contributed by atoms with Gasteiger partial charge in [-0.2, -0.15) is 0 Å². The van der Waals surface area contributed by atoms with Crippen LogP contribution in [0.2, 0.25) is 0 Å². The molecule has 0 bridgehead atoms. The van der Waals surface area contributed by atoms with Crippen molar-refractivity contribution in [2.45, 2.75) is 38.5 Å². The Labute approximate surface area is 127 Å². The molecule has 0 aromatic heterocycles. The number of amides is 1. The molecule has 1 aromatic carbocycles. The van der Waals surface area contributed by atoms with Crippen LogP contribution in [0.25, 0.3) is 0 Å². The molecule has 0 aliphatic heterocycles. The first-order valence-corrected chi connectivity index (χ1v) is 7.80. The maximum atomic E-state index is 12.7. The zero-order valence-corrected chi connectivity index (χ0v) is 12.9. The Morgan fingerprint density at radius 1 is 1.29 bits per heavy atom. The fourth-order valence-corrected chi connectivity index (χ4v) is 3.08. The van der Waals surface area contributed by atoms with Crippen molar-refractivity contribution < 1.29 is 9.53 Å². The van der Waals surface area contributed by atoms with E-state index in [2.05, 4.69) is 5.32 Å². The minimum atomic E-state index is -0.382. The second-order valence-corrected chi connectivity index (χ2v) is 5.90. The Balaban J connectivity index is 2.11. The summed E-state index contributed by atoms with van der Waals surface area (Å²) in [6.07, 6.45) is 5.99. The van der Waals surface area contributed by atoms with Gasteiger partial charge in [0.1, 0.15) is 0 Å². The van der Waals surface area contributed by atoms with E-state index in [9.17, 15) is 4.79 Å². The molecule has 0 saturated heterocycles. The van der Waals surface area contributed by atoms with E-state index in [1.807, 2.05) is 24.3 Å². The van der Waals surface area contributed by atoms with E-state index in [0.717, 1.165) is 43.4 Å². The zero-order valence-electron chi connectivity index (χ0n) is 12.9. The molecule has 1 amide bonds. The minimum absolute atomic E-state index is 0.0783. The Morgan fingerprint density at radius 3 is 2.67 bits per heavy atom. The van der Waals surface area contributed by atoms with Crippen molar-refractivity contribution in [1.29, 1.82) is 0 Å². The van der Waals surface area contributed by atoms with E-state index in [0.29, 0.717) is 13.2 Å². The summed E-state index contributed by atoms with van der Waals surface area (Å²) in [6, 6.07) is 7.92. The monoisotopic (exact) mass is 290 g/mol. The normalized spacial score (nSPS) is 17.4. The van der Waals surface area contributed by atoms with Crippen LogP contribution >= 0.6 is 0 Å². The van der Waals surface area contributed by atoms with E-state index < -0.39 is 0 Å². The van der Waals surface area contributed by atoms with Crippen molar-refractivity contribution in [3.8, 4) is 0 Å². The molecule has 0 radical (unpaired) electrons. The van der Waals surface area contributed by atoms with Crippen LogP contribution in [0.3, 0.4) is 0 Å². The predicted molar refractivity (Wildman–Crippen MR) is 85.2 cm³/mol.